The molecule has 0 unspecified atom stereocenters. The largest absolute Gasteiger partial charge is 0.478 e. The van der Waals surface area contributed by atoms with E-state index in [4.69, 9.17) is 0 Å². The van der Waals surface area contributed by atoms with E-state index in [9.17, 15) is 18.3 Å². The number of hydrogen-bond donors (Lipinski definition) is 3. The van der Waals surface area contributed by atoms with Gasteiger partial charge in [0.05, 0.1) is 10.5 Å². The van der Waals surface area contributed by atoms with Gasteiger partial charge in [0.15, 0.2) is 0 Å². The second-order valence-electron chi connectivity index (χ2n) is 6.81. The zero-order chi connectivity index (χ0) is 19.3. The maximum absolute atomic E-state index is 12.6. The number of nitrogens with one attached hydrogen (secondary N) is 2. The Hall–Kier alpha value is -2.38. The van der Waals surface area contributed by atoms with Gasteiger partial charge in [-0.2, -0.15) is 0 Å². The van der Waals surface area contributed by atoms with Crippen LogP contribution in [0.25, 0.3) is 0 Å². The molecule has 0 amide bonds. The lowest BCUT2D eigenvalue weighted by Gasteiger charge is -2.22. The summed E-state index contributed by atoms with van der Waals surface area (Å²) in [6, 6.07) is 13.7. The lowest BCUT2D eigenvalue weighted by Crippen LogP contribution is -2.36. The van der Waals surface area contributed by atoms with Crippen molar-refractivity contribution in [2.75, 3.05) is 5.32 Å². The minimum atomic E-state index is -3.74. The Morgan fingerprint density at radius 2 is 1.74 bits per heavy atom. The Labute approximate surface area is 159 Å². The van der Waals surface area contributed by atoms with Gasteiger partial charge in [-0.15, -0.1) is 0 Å². The zero-order valence-corrected chi connectivity index (χ0v) is 15.8. The number of aromatic carboxylic acids is 1. The summed E-state index contributed by atoms with van der Waals surface area (Å²) < 4.78 is 28.0. The Morgan fingerprint density at radius 3 is 2.41 bits per heavy atom. The molecule has 7 heteroatoms. The second-order valence-corrected chi connectivity index (χ2v) is 8.52. The number of rotatable bonds is 7. The molecule has 0 bridgehead atoms. The van der Waals surface area contributed by atoms with Gasteiger partial charge >= 0.3 is 5.97 Å². The van der Waals surface area contributed by atoms with Crippen molar-refractivity contribution in [3.63, 3.8) is 0 Å². The summed E-state index contributed by atoms with van der Waals surface area (Å²) >= 11 is 0. The summed E-state index contributed by atoms with van der Waals surface area (Å²) in [5.41, 5.74) is 1.34. The van der Waals surface area contributed by atoms with Gasteiger partial charge in [0.2, 0.25) is 10.0 Å². The summed E-state index contributed by atoms with van der Waals surface area (Å²) in [7, 11) is -3.74. The Balaban J connectivity index is 1.79. The van der Waals surface area contributed by atoms with Gasteiger partial charge in [-0.25, -0.2) is 17.9 Å². The molecule has 2 aromatic carbocycles. The van der Waals surface area contributed by atoms with Gasteiger partial charge < -0.3 is 10.4 Å². The zero-order valence-electron chi connectivity index (χ0n) is 15.0. The lowest BCUT2D eigenvalue weighted by molar-refractivity contribution is 0.0697. The number of sulfonamides is 1. The quantitative estimate of drug-likeness (QED) is 0.673. The molecule has 27 heavy (non-hydrogen) atoms. The Bertz CT molecular complexity index is 891. The van der Waals surface area contributed by atoms with Crippen molar-refractivity contribution in [2.24, 2.45) is 0 Å². The molecule has 0 radical (unpaired) electrons. The molecule has 0 aromatic heterocycles. The molecule has 3 N–H and O–H groups in total. The molecule has 1 fully saturated rings. The molecule has 1 saturated carbocycles. The third kappa shape index (κ3) is 5.08. The summed E-state index contributed by atoms with van der Waals surface area (Å²) in [4.78, 5) is 11.6. The third-order valence-corrected chi connectivity index (χ3v) is 6.30. The number of carboxylic acids is 1. The minimum absolute atomic E-state index is 0.0178. The smallest absolute Gasteiger partial charge is 0.337 e. The van der Waals surface area contributed by atoms with Crippen molar-refractivity contribution in [3.05, 3.63) is 59.7 Å². The number of carboxylic acid groups (broad SMARTS) is 1. The van der Waals surface area contributed by atoms with Crippen LogP contribution >= 0.6 is 0 Å². The summed E-state index contributed by atoms with van der Waals surface area (Å²) in [5, 5.41) is 12.6. The molecular formula is C20H24N2O4S. The van der Waals surface area contributed by atoms with Gasteiger partial charge in [-0.3, -0.25) is 0 Å². The van der Waals surface area contributed by atoms with Crippen LogP contribution in [0.5, 0.6) is 0 Å². The van der Waals surface area contributed by atoms with Crippen LogP contribution in [0.15, 0.2) is 53.4 Å². The van der Waals surface area contributed by atoms with Crippen LogP contribution in [0.1, 0.15) is 48.0 Å². The van der Waals surface area contributed by atoms with Crippen LogP contribution in [0.3, 0.4) is 0 Å². The summed E-state index contributed by atoms with van der Waals surface area (Å²) in [5.74, 6) is -1.17. The fraction of sp³-hybridized carbons (Fsp3) is 0.350. The van der Waals surface area contributed by atoms with Crippen molar-refractivity contribution in [2.45, 2.75) is 49.6 Å². The Kier molecular flexibility index (Phi) is 6.13. The maximum Gasteiger partial charge on any atom is 0.337 e. The van der Waals surface area contributed by atoms with E-state index in [1.54, 1.807) is 0 Å². The molecule has 0 atom stereocenters. The second kappa shape index (κ2) is 8.54. The molecule has 2 aromatic rings. The van der Waals surface area contributed by atoms with Gasteiger partial charge in [0.1, 0.15) is 0 Å². The predicted molar refractivity (Wildman–Crippen MR) is 104 cm³/mol. The monoisotopic (exact) mass is 388 g/mol. The van der Waals surface area contributed by atoms with Crippen LogP contribution < -0.4 is 10.0 Å². The number of anilines is 1. The summed E-state index contributed by atoms with van der Waals surface area (Å²) in [6.07, 6.45) is 4.79. The average Bonchev–Trinajstić information content (AvgIpc) is 2.67. The van der Waals surface area contributed by atoms with Crippen LogP contribution in [-0.2, 0) is 16.6 Å². The van der Waals surface area contributed by atoms with Gasteiger partial charge in [0.25, 0.3) is 0 Å². The van der Waals surface area contributed by atoms with E-state index >= 15 is 0 Å². The number of hydrogen-bond acceptors (Lipinski definition) is 4. The first kappa shape index (κ1) is 19.4. The highest BCUT2D eigenvalue weighted by Crippen LogP contribution is 2.24. The maximum atomic E-state index is 12.6. The third-order valence-electron chi connectivity index (χ3n) is 4.78. The normalized spacial score (nSPS) is 15.4. The van der Waals surface area contributed by atoms with Crippen molar-refractivity contribution in [1.82, 2.24) is 4.72 Å². The van der Waals surface area contributed by atoms with E-state index in [2.05, 4.69) is 10.0 Å². The standard InChI is InChI=1S/C20H24N2O4S/c23-20(24)18-13-17(27(25,26)22-16-9-5-2-6-10-16)11-12-19(18)21-14-15-7-3-1-4-8-15/h1,3-4,7-8,11-13,16,21-22H,2,5-6,9-10,14H2,(H,23,24). The van der Waals surface area contributed by atoms with E-state index < -0.39 is 16.0 Å². The molecule has 6 nitrogen and oxygen atoms in total. The van der Waals surface area contributed by atoms with E-state index in [0.717, 1.165) is 37.7 Å². The molecule has 0 heterocycles. The van der Waals surface area contributed by atoms with E-state index in [-0.39, 0.29) is 16.5 Å². The number of carbonyl (C=O) groups is 1. The highest BCUT2D eigenvalue weighted by Gasteiger charge is 2.23. The highest BCUT2D eigenvalue weighted by atomic mass is 32.2. The summed E-state index contributed by atoms with van der Waals surface area (Å²) in [6.45, 7) is 0.452. The molecule has 144 valence electrons. The lowest BCUT2D eigenvalue weighted by atomic mass is 9.96. The molecule has 1 aliphatic carbocycles. The highest BCUT2D eigenvalue weighted by molar-refractivity contribution is 7.89. The van der Waals surface area contributed by atoms with Crippen molar-refractivity contribution < 1.29 is 18.3 Å². The van der Waals surface area contributed by atoms with Crippen molar-refractivity contribution >= 4 is 21.7 Å². The minimum Gasteiger partial charge on any atom is -0.478 e. The molecule has 1 aliphatic rings. The van der Waals surface area contributed by atoms with Crippen molar-refractivity contribution in [3.8, 4) is 0 Å². The molecule has 0 saturated heterocycles. The molecule has 0 aliphatic heterocycles. The fourth-order valence-electron chi connectivity index (χ4n) is 3.32. The first-order valence-corrected chi connectivity index (χ1v) is 10.6. The molecule has 0 spiro atoms. The average molecular weight is 388 g/mol. The van der Waals surface area contributed by atoms with Crippen molar-refractivity contribution in [1.29, 1.82) is 0 Å². The van der Waals surface area contributed by atoms with Crippen LogP contribution in [0, 0.1) is 0 Å². The van der Waals surface area contributed by atoms with Gasteiger partial charge in [0, 0.05) is 18.3 Å². The van der Waals surface area contributed by atoms with Crippen LogP contribution in [0.4, 0.5) is 5.69 Å². The SMILES string of the molecule is O=C(O)c1cc(S(=O)(=O)NC2CCCCC2)ccc1NCc1ccccc1. The van der Waals surface area contributed by atoms with Crippen LogP contribution in [0.2, 0.25) is 0 Å². The predicted octanol–water partition coefficient (Wildman–Crippen LogP) is 3.61. The fourth-order valence-corrected chi connectivity index (χ4v) is 4.65. The first-order valence-electron chi connectivity index (χ1n) is 9.13. The number of benzene rings is 2. The van der Waals surface area contributed by atoms with E-state index in [0.29, 0.717) is 12.2 Å². The first-order chi connectivity index (χ1) is 13.0. The topological polar surface area (TPSA) is 95.5 Å². The van der Waals surface area contributed by atoms with E-state index in [1.165, 1.54) is 18.2 Å². The molecule has 3 rings (SSSR count). The Morgan fingerprint density at radius 1 is 1.04 bits per heavy atom. The van der Waals surface area contributed by atoms with Gasteiger partial charge in [-0.1, -0.05) is 49.6 Å². The van der Waals surface area contributed by atoms with E-state index in [1.807, 2.05) is 30.3 Å². The van der Waals surface area contributed by atoms with Crippen LogP contribution in [-0.4, -0.2) is 25.5 Å². The van der Waals surface area contributed by atoms with Gasteiger partial charge in [-0.05, 0) is 36.6 Å². The molecular weight excluding hydrogens is 364 g/mol.